The normalized spacial score (nSPS) is 11.0. The fourth-order valence-corrected chi connectivity index (χ4v) is 4.27. The van der Waals surface area contributed by atoms with Crippen molar-refractivity contribution >= 4 is 34.8 Å². The monoisotopic (exact) mass is 439 g/mol. The first-order chi connectivity index (χ1) is 14.2. The van der Waals surface area contributed by atoms with Crippen LogP contribution in [0.3, 0.4) is 0 Å². The zero-order valence-corrected chi connectivity index (χ0v) is 17.8. The van der Waals surface area contributed by atoms with E-state index in [1.165, 1.54) is 12.1 Å². The van der Waals surface area contributed by atoms with Crippen LogP contribution in [0.25, 0.3) is 27.2 Å². The first-order valence-electron chi connectivity index (χ1n) is 9.40. The highest BCUT2D eigenvalue weighted by molar-refractivity contribution is 7.13. The zero-order chi connectivity index (χ0) is 19.8. The van der Waals surface area contributed by atoms with Crippen LogP contribution in [0.5, 0.6) is 0 Å². The van der Waals surface area contributed by atoms with Crippen molar-refractivity contribution in [3.05, 3.63) is 83.8 Å². The number of hydrogen-bond acceptors (Lipinski definition) is 4. The molecule has 0 radical (unpaired) electrons. The van der Waals surface area contributed by atoms with Crippen LogP contribution in [-0.4, -0.2) is 24.3 Å². The van der Waals surface area contributed by atoms with Crippen molar-refractivity contribution in [3.63, 3.8) is 0 Å². The van der Waals surface area contributed by atoms with Crippen LogP contribution in [0.1, 0.15) is 18.4 Å². The summed E-state index contributed by atoms with van der Waals surface area (Å²) in [5.74, 6) is 0.683. The molecule has 0 aliphatic carbocycles. The lowest BCUT2D eigenvalue weighted by Crippen LogP contribution is -2.07. The van der Waals surface area contributed by atoms with E-state index < -0.39 is 0 Å². The number of halogens is 2. The first kappa shape index (κ1) is 20.3. The highest BCUT2D eigenvalue weighted by atomic mass is 35.5. The maximum absolute atomic E-state index is 13.7. The fraction of sp³-hybridized carbons (Fsp3) is 0.136. The summed E-state index contributed by atoms with van der Waals surface area (Å²) in [4.78, 5) is 10.2. The molecule has 0 aliphatic rings. The Kier molecular flexibility index (Phi) is 5.65. The lowest BCUT2D eigenvalue weighted by Gasteiger charge is -2.09. The van der Waals surface area contributed by atoms with E-state index in [0.717, 1.165) is 39.5 Å². The Bertz CT molecular complexity index is 1290. The molecule has 5 aromatic rings. The SMILES string of the molecule is CCn1c(Cc2ccnn2-c2cccc(F)c2)nc2cc(-c3cncs3)ccc21.Cl. The van der Waals surface area contributed by atoms with Crippen LogP contribution in [0.2, 0.25) is 0 Å². The maximum atomic E-state index is 13.7. The molecular weight excluding hydrogens is 421 g/mol. The van der Waals surface area contributed by atoms with Gasteiger partial charge in [-0.3, -0.25) is 4.98 Å². The minimum absolute atomic E-state index is 0. The topological polar surface area (TPSA) is 48.5 Å². The van der Waals surface area contributed by atoms with Crippen molar-refractivity contribution < 1.29 is 4.39 Å². The molecule has 152 valence electrons. The molecular formula is C22H19ClFN5S. The van der Waals surface area contributed by atoms with Crippen LogP contribution in [0.15, 0.2) is 66.4 Å². The van der Waals surface area contributed by atoms with Gasteiger partial charge in [-0.15, -0.1) is 23.7 Å². The number of benzene rings is 2. The van der Waals surface area contributed by atoms with Gasteiger partial charge in [0, 0.05) is 25.4 Å². The van der Waals surface area contributed by atoms with E-state index in [1.54, 1.807) is 28.3 Å². The van der Waals surface area contributed by atoms with E-state index in [4.69, 9.17) is 4.98 Å². The third kappa shape index (κ3) is 3.62. The Balaban J connectivity index is 0.00000218. The third-order valence-corrected chi connectivity index (χ3v) is 5.80. The molecule has 0 fully saturated rings. The second kappa shape index (κ2) is 8.38. The molecule has 0 unspecified atom stereocenters. The van der Waals surface area contributed by atoms with Gasteiger partial charge in [0.05, 0.1) is 32.8 Å². The molecule has 30 heavy (non-hydrogen) atoms. The van der Waals surface area contributed by atoms with Crippen molar-refractivity contribution in [1.82, 2.24) is 24.3 Å². The van der Waals surface area contributed by atoms with Gasteiger partial charge in [-0.1, -0.05) is 12.1 Å². The number of imidazole rings is 1. The molecule has 3 heterocycles. The molecule has 0 N–H and O–H groups in total. The number of nitrogens with zero attached hydrogens (tertiary/aromatic N) is 5. The summed E-state index contributed by atoms with van der Waals surface area (Å²) in [7, 11) is 0. The zero-order valence-electron chi connectivity index (χ0n) is 16.2. The highest BCUT2D eigenvalue weighted by Crippen LogP contribution is 2.28. The molecule has 0 saturated heterocycles. The van der Waals surface area contributed by atoms with Crippen molar-refractivity contribution in [2.75, 3.05) is 0 Å². The summed E-state index contributed by atoms with van der Waals surface area (Å²) >= 11 is 1.62. The Morgan fingerprint density at radius 3 is 2.77 bits per heavy atom. The van der Waals surface area contributed by atoms with Gasteiger partial charge < -0.3 is 4.57 Å². The molecule has 5 nitrogen and oxygen atoms in total. The number of rotatable bonds is 5. The molecule has 0 aliphatic heterocycles. The minimum atomic E-state index is -0.277. The summed E-state index contributed by atoms with van der Waals surface area (Å²) in [6.45, 7) is 2.94. The molecule has 0 atom stereocenters. The second-order valence-corrected chi connectivity index (χ2v) is 7.62. The molecule has 0 spiro atoms. The van der Waals surface area contributed by atoms with E-state index in [9.17, 15) is 4.39 Å². The molecule has 0 amide bonds. The molecule has 0 bridgehead atoms. The lowest BCUT2D eigenvalue weighted by molar-refractivity contribution is 0.624. The Labute approximate surface area is 183 Å². The molecule has 8 heteroatoms. The molecule has 5 rings (SSSR count). The number of aryl methyl sites for hydroxylation is 1. The standard InChI is InChI=1S/C22H18FN5S.ClH/c1-2-27-20-7-6-15(21-13-24-14-29-21)10-19(20)26-22(27)12-18-8-9-25-28(18)17-5-3-4-16(23)11-17;/h3-11,13-14H,2,12H2,1H3;1H. The summed E-state index contributed by atoms with van der Waals surface area (Å²) in [6, 6.07) is 14.8. The van der Waals surface area contributed by atoms with Gasteiger partial charge in [0.25, 0.3) is 0 Å². The summed E-state index contributed by atoms with van der Waals surface area (Å²) < 4.78 is 17.7. The van der Waals surface area contributed by atoms with Gasteiger partial charge in [-0.2, -0.15) is 5.10 Å². The molecule has 2 aromatic carbocycles. The van der Waals surface area contributed by atoms with E-state index in [-0.39, 0.29) is 18.2 Å². The second-order valence-electron chi connectivity index (χ2n) is 6.73. The van der Waals surface area contributed by atoms with E-state index >= 15 is 0 Å². The summed E-state index contributed by atoms with van der Waals surface area (Å²) in [5, 5.41) is 4.39. The van der Waals surface area contributed by atoms with Crippen LogP contribution in [-0.2, 0) is 13.0 Å². The number of hydrogen-bond donors (Lipinski definition) is 0. The highest BCUT2D eigenvalue weighted by Gasteiger charge is 2.14. The van der Waals surface area contributed by atoms with Crippen molar-refractivity contribution in [2.24, 2.45) is 0 Å². The van der Waals surface area contributed by atoms with Gasteiger partial charge in [0.2, 0.25) is 0 Å². The number of aromatic nitrogens is 5. The number of fused-ring (bicyclic) bond motifs is 1. The predicted octanol–water partition coefficient (Wildman–Crippen LogP) is 5.52. The van der Waals surface area contributed by atoms with Gasteiger partial charge in [-0.05, 0) is 48.9 Å². The minimum Gasteiger partial charge on any atom is -0.328 e. The Hall–Kier alpha value is -3.03. The Morgan fingerprint density at radius 1 is 1.10 bits per heavy atom. The van der Waals surface area contributed by atoms with Crippen molar-refractivity contribution in [1.29, 1.82) is 0 Å². The molecule has 0 saturated carbocycles. The summed E-state index contributed by atoms with van der Waals surface area (Å²) in [5.41, 5.74) is 6.69. The largest absolute Gasteiger partial charge is 0.328 e. The average molecular weight is 440 g/mol. The van der Waals surface area contributed by atoms with Crippen LogP contribution < -0.4 is 0 Å². The first-order valence-corrected chi connectivity index (χ1v) is 10.3. The summed E-state index contributed by atoms with van der Waals surface area (Å²) in [6.07, 6.45) is 4.22. The van der Waals surface area contributed by atoms with Crippen LogP contribution in [0, 0.1) is 5.82 Å². The van der Waals surface area contributed by atoms with Gasteiger partial charge in [-0.25, -0.2) is 14.1 Å². The van der Waals surface area contributed by atoms with Crippen molar-refractivity contribution in [2.45, 2.75) is 19.9 Å². The maximum Gasteiger partial charge on any atom is 0.125 e. The predicted molar refractivity (Wildman–Crippen MR) is 120 cm³/mol. The van der Waals surface area contributed by atoms with E-state index in [2.05, 4.69) is 39.8 Å². The molecule has 3 aromatic heterocycles. The van der Waals surface area contributed by atoms with Gasteiger partial charge in [0.15, 0.2) is 0 Å². The quantitative estimate of drug-likeness (QED) is 0.362. The number of thiazole rings is 1. The Morgan fingerprint density at radius 2 is 2.00 bits per heavy atom. The van der Waals surface area contributed by atoms with Crippen LogP contribution >= 0.6 is 23.7 Å². The average Bonchev–Trinajstić information content (AvgIpc) is 3.47. The van der Waals surface area contributed by atoms with Crippen LogP contribution in [0.4, 0.5) is 4.39 Å². The van der Waals surface area contributed by atoms with Crippen molar-refractivity contribution in [3.8, 4) is 16.1 Å². The van der Waals surface area contributed by atoms with Gasteiger partial charge >= 0.3 is 0 Å². The van der Waals surface area contributed by atoms with E-state index in [1.807, 2.05) is 23.8 Å². The lowest BCUT2D eigenvalue weighted by atomic mass is 10.2. The smallest absolute Gasteiger partial charge is 0.125 e. The third-order valence-electron chi connectivity index (χ3n) is 4.97. The van der Waals surface area contributed by atoms with Gasteiger partial charge in [0.1, 0.15) is 11.6 Å². The fourth-order valence-electron chi connectivity index (χ4n) is 3.65. The van der Waals surface area contributed by atoms with E-state index in [0.29, 0.717) is 12.1 Å².